The number of nitrogens with zero attached hydrogens (tertiary/aromatic N) is 5. The molecule has 734 valence electrons. The number of aromatic amines is 1. The number of phenols is 2. The van der Waals surface area contributed by atoms with Gasteiger partial charge in [0.05, 0.1) is 18.7 Å². The summed E-state index contributed by atoms with van der Waals surface area (Å²) in [5, 5.41) is 59.0. The van der Waals surface area contributed by atoms with E-state index in [1.807, 2.05) is 6.92 Å². The maximum absolute atomic E-state index is 15.9. The number of nitrogens with two attached hydrogens (primary N) is 1. The monoisotopic (exact) mass is 1920 g/mol. The molecular weight excluding hydrogens is 1800 g/mol. The minimum Gasteiger partial charge on any atom is -0.508 e. The Morgan fingerprint density at radius 2 is 1.01 bits per heavy atom. The van der Waals surface area contributed by atoms with E-state index in [0.717, 1.165) is 14.7 Å². The lowest BCUT2D eigenvalue weighted by Gasteiger charge is -2.39. The van der Waals surface area contributed by atoms with Gasteiger partial charge in [0.15, 0.2) is 17.5 Å². The predicted octanol–water partition coefficient (Wildman–Crippen LogP) is 2.62. The largest absolute Gasteiger partial charge is 0.508 e. The molecule has 15 amide bonds. The number of thioether (sulfide) groups is 1. The number of hydrogen-bond donors (Lipinski definition) is 15. The summed E-state index contributed by atoms with van der Waals surface area (Å²) in [5.74, 6) is -24.2. The zero-order valence-corrected chi connectivity index (χ0v) is 78.3. The molecule has 0 bridgehead atoms. The van der Waals surface area contributed by atoms with Gasteiger partial charge in [-0.25, -0.2) is 13.2 Å². The quantitative estimate of drug-likeness (QED) is 0.0409. The number of piperazine rings is 1. The molecule has 3 saturated heterocycles. The Hall–Kier alpha value is -13.9. The highest BCUT2D eigenvalue weighted by molar-refractivity contribution is 8.00. The van der Waals surface area contributed by atoms with Gasteiger partial charge in [0.1, 0.15) is 90.0 Å². The Morgan fingerprint density at radius 1 is 0.511 bits per heavy atom. The smallest absolute Gasteiger partial charge is 0.305 e. The summed E-state index contributed by atoms with van der Waals surface area (Å²) in [6.45, 7) is 7.11. The van der Waals surface area contributed by atoms with Crippen LogP contribution in [-0.4, -0.2) is 283 Å². The van der Waals surface area contributed by atoms with Crippen molar-refractivity contribution < 1.29 is 105 Å². The fourth-order valence-corrected chi connectivity index (χ4v) is 17.8. The maximum Gasteiger partial charge on any atom is 0.305 e. The number of unbranched alkanes of at least 4 members (excludes halogenated alkanes) is 1. The number of likely N-dealkylation sites (N-methyl/N-ethyl adjacent to an activating group) is 3. The molecule has 0 radical (unpaired) electrons. The Balaban J connectivity index is 1.06. The topological polar surface area (TPSA) is 512 Å². The zero-order chi connectivity index (χ0) is 99.6. The van der Waals surface area contributed by atoms with E-state index >= 15 is 56.7 Å². The molecule has 3 aliphatic heterocycles. The van der Waals surface area contributed by atoms with Gasteiger partial charge in [-0.15, -0.1) is 11.8 Å². The number of carbonyl (C=O) groups is 16. The Bertz CT molecular complexity index is 5470. The molecule has 16 N–H and O–H groups in total. The highest BCUT2D eigenvalue weighted by atomic mass is 32.2. The van der Waals surface area contributed by atoms with Crippen molar-refractivity contribution in [2.24, 2.45) is 17.6 Å². The van der Waals surface area contributed by atoms with Crippen LogP contribution in [0.15, 0.2) is 152 Å². The molecule has 7 aromatic rings. The second kappa shape index (κ2) is 49.5. The summed E-state index contributed by atoms with van der Waals surface area (Å²) in [4.78, 5) is 248. The number of carbonyl (C=O) groups excluding carboxylic acids is 15. The zero-order valence-electron chi connectivity index (χ0n) is 77.5. The van der Waals surface area contributed by atoms with Crippen LogP contribution < -0.4 is 58.9 Å². The van der Waals surface area contributed by atoms with Gasteiger partial charge in [0.2, 0.25) is 88.6 Å². The number of carboxylic acid groups (broad SMARTS) is 1. The average molecular weight is 1920 g/mol. The normalized spacial score (nSPS) is 23.3. The summed E-state index contributed by atoms with van der Waals surface area (Å²) in [7, 11) is 3.77. The van der Waals surface area contributed by atoms with Gasteiger partial charge < -0.3 is 104 Å². The molecule has 0 spiro atoms. The van der Waals surface area contributed by atoms with Crippen molar-refractivity contribution >= 4 is 117 Å². The first-order chi connectivity index (χ1) is 65.3. The molecule has 1 aromatic heterocycles. The summed E-state index contributed by atoms with van der Waals surface area (Å²) in [5.41, 5.74) is 7.93. The van der Waals surface area contributed by atoms with Crippen molar-refractivity contribution in [3.8, 4) is 11.5 Å². The number of nitrogens with one attached hydrogen (secondary N) is 11. The fraction of sp³-hybridized carbons (Fsp3) is 0.443. The molecule has 10 rings (SSSR count). The Kier molecular flexibility index (Phi) is 38.0. The van der Waals surface area contributed by atoms with Crippen LogP contribution in [0.25, 0.3) is 10.9 Å². The number of halogens is 3. The van der Waals surface area contributed by atoms with Crippen LogP contribution in [0.2, 0.25) is 0 Å². The van der Waals surface area contributed by atoms with Gasteiger partial charge in [0.25, 0.3) is 0 Å². The predicted molar refractivity (Wildman–Crippen MR) is 500 cm³/mol. The number of amides is 15. The van der Waals surface area contributed by atoms with Crippen LogP contribution in [0.3, 0.4) is 0 Å². The number of carboxylic acids is 1. The summed E-state index contributed by atoms with van der Waals surface area (Å²) in [6.07, 6.45) is -1.03. The third kappa shape index (κ3) is 29.1. The second-order valence-electron chi connectivity index (χ2n) is 35.4. The van der Waals surface area contributed by atoms with E-state index in [0.29, 0.717) is 75.5 Å². The van der Waals surface area contributed by atoms with Gasteiger partial charge in [0, 0.05) is 109 Å². The molecule has 13 atom stereocenters. The third-order valence-corrected chi connectivity index (χ3v) is 25.4. The maximum atomic E-state index is 15.9. The fourth-order valence-electron chi connectivity index (χ4n) is 16.9. The van der Waals surface area contributed by atoms with Crippen LogP contribution >= 0.6 is 11.8 Å². The number of rotatable bonds is 23. The van der Waals surface area contributed by atoms with E-state index in [2.05, 4.69) is 58.2 Å². The molecule has 36 nitrogen and oxygen atoms in total. The number of aliphatic carboxylic acids is 1. The van der Waals surface area contributed by atoms with E-state index in [1.54, 1.807) is 119 Å². The number of fused-ring (bicyclic) bond motifs is 3. The lowest BCUT2D eigenvalue weighted by atomic mass is 9.98. The Morgan fingerprint density at radius 3 is 1.61 bits per heavy atom. The molecule has 0 aliphatic carbocycles. The number of hydrogen-bond acceptors (Lipinski definition) is 20. The minimum absolute atomic E-state index is 0.0455. The van der Waals surface area contributed by atoms with Gasteiger partial charge in [-0.05, 0) is 113 Å². The first kappa shape index (κ1) is 105. The standard InChI is InChI=1S/C97H120F3N17O19S/c1-9-10-26-76-96(135)116-37-19-27-75(116)90(129)109-71(48-82(122)123)89(128)112-84(55(4)5)97(136)114(7)77(45-56-20-13-11-14-21-56)91(130)110-73(43-59-30-34-63(119)35-31-59)94(133)117-38-36-102-50-79(117)92(131)108-70(47-61-49-103-67-25-18-17-24-64(61)67)88(127)107-69(42-58-28-32-62(118)33-29-58)87(126)106-68(39-54(2)3)86(125)111-74(85(124)104-51-80(101)120)52-137-53-81(121)105-72(44-60-40-65(98)83(100)66(99)41-60)93(132)115(8)78(95(134)113(76)6)46-57-22-15-12-16-23-57/h11-18,20-25,28-35,40-41,49,54-55,68-79,84,102-103,118-119H,9-10,19,26-27,36-39,42-48,50-53H2,1-8H3,(H2,101,120)(H,104,124)(H,105,121)(H,106,126)(H,107,127)(H,108,131)(H,109,129)(H,110,130)(H,111,125)(H,112,128)(H,122,123)/t68-,69-,70+,71-,72-,73-,74-,75+,76-,77-,78-,79+,84-/m0/s1. The SMILES string of the molecule is CCCC[C@H]1C(=O)N2CCC[C@@H]2C(=O)N[C@@H](CC(=O)O)C(=O)N[C@@H](C(C)C)C(=O)N(C)[C@@H](Cc2ccccc2)C(=O)N[C@@H](Cc2ccc(O)cc2)C(=O)N2CCNC[C@@H]2C(=O)N[C@H](Cc2c[nH]c3ccccc23)C(=O)N[C@@H](Cc2ccc(O)cc2)C(=O)N[C@@H](CC(C)C)C(=O)N[C@H](C(=O)NCC(N)=O)CSCC(=O)N[C@@H](Cc2cc(F)c(F)c(F)c2)C(=O)N(C)[C@@H](Cc2ccccc2)C(=O)N1C. The van der Waals surface area contributed by atoms with Gasteiger partial charge in [-0.3, -0.25) is 76.7 Å². The van der Waals surface area contributed by atoms with Crippen molar-refractivity contribution in [2.75, 3.05) is 65.4 Å². The van der Waals surface area contributed by atoms with Crippen molar-refractivity contribution in [2.45, 2.75) is 197 Å². The van der Waals surface area contributed by atoms with Gasteiger partial charge >= 0.3 is 5.97 Å². The van der Waals surface area contributed by atoms with Gasteiger partial charge in [-0.1, -0.05) is 151 Å². The lowest BCUT2D eigenvalue weighted by Crippen LogP contribution is -2.66. The van der Waals surface area contributed by atoms with Crippen LogP contribution in [0, 0.1) is 29.3 Å². The van der Waals surface area contributed by atoms with Crippen molar-refractivity contribution in [1.82, 2.24) is 82.7 Å². The van der Waals surface area contributed by atoms with E-state index in [9.17, 15) is 48.5 Å². The first-order valence-corrected chi connectivity index (χ1v) is 46.6. The van der Waals surface area contributed by atoms with Crippen molar-refractivity contribution in [1.29, 1.82) is 0 Å². The van der Waals surface area contributed by atoms with E-state index < -0.39 is 233 Å². The minimum atomic E-state index is -1.95. The molecule has 6 aromatic carbocycles. The molecule has 3 fully saturated rings. The van der Waals surface area contributed by atoms with Crippen molar-refractivity contribution in [3.05, 3.63) is 203 Å². The number of phenolic OH excluding ortho intramolecular Hbond substituents is 2. The number of aromatic hydroxyl groups is 2. The number of benzene rings is 6. The second-order valence-corrected chi connectivity index (χ2v) is 36.4. The number of aromatic nitrogens is 1. The molecule has 0 unspecified atom stereocenters. The first-order valence-electron chi connectivity index (χ1n) is 45.5. The van der Waals surface area contributed by atoms with Crippen LogP contribution in [0.5, 0.6) is 11.5 Å². The highest BCUT2D eigenvalue weighted by Gasteiger charge is 2.46. The molecule has 4 heterocycles. The van der Waals surface area contributed by atoms with E-state index in [-0.39, 0.29) is 101 Å². The third-order valence-electron chi connectivity index (χ3n) is 24.4. The highest BCUT2D eigenvalue weighted by Crippen LogP contribution is 2.28. The van der Waals surface area contributed by atoms with E-state index in [4.69, 9.17) is 5.73 Å². The molecule has 0 saturated carbocycles. The number of para-hydroxylation sites is 1. The summed E-state index contributed by atoms with van der Waals surface area (Å²) < 4.78 is 45.2. The summed E-state index contributed by atoms with van der Waals surface area (Å²) >= 11 is 0.675. The Labute approximate surface area is 794 Å². The van der Waals surface area contributed by atoms with Crippen molar-refractivity contribution in [3.63, 3.8) is 0 Å². The van der Waals surface area contributed by atoms with Gasteiger partial charge in [-0.2, -0.15) is 0 Å². The average Bonchev–Trinajstić information content (AvgIpc) is 1.73. The number of primary amides is 1. The van der Waals surface area contributed by atoms with Crippen LogP contribution in [-0.2, 0) is 115 Å². The molecule has 137 heavy (non-hydrogen) atoms. The molecule has 3 aliphatic rings. The number of H-pyrrole nitrogens is 1. The lowest BCUT2D eigenvalue weighted by molar-refractivity contribution is -0.152. The molecule has 40 heteroatoms. The van der Waals surface area contributed by atoms with Crippen LogP contribution in [0.4, 0.5) is 13.2 Å². The van der Waals surface area contributed by atoms with Crippen LogP contribution in [0.1, 0.15) is 113 Å². The van der Waals surface area contributed by atoms with E-state index in [1.165, 1.54) is 79.5 Å². The molecular formula is C97H120F3N17O19S. The summed E-state index contributed by atoms with van der Waals surface area (Å²) in [6, 6.07) is 15.1.